The molecule has 72 valence electrons. The smallest absolute Gasteiger partial charge is 0.151 e. The molecule has 4 atom stereocenters. The van der Waals surface area contributed by atoms with Gasteiger partial charge in [0.05, 0.1) is 12.0 Å². The maximum absolute atomic E-state index is 9.93. The predicted octanol–water partition coefficient (Wildman–Crippen LogP) is -2.13. The summed E-state index contributed by atoms with van der Waals surface area (Å²) in [5.74, 6) is -0.288. The van der Waals surface area contributed by atoms with Gasteiger partial charge in [0.2, 0.25) is 0 Å². The van der Waals surface area contributed by atoms with Crippen molar-refractivity contribution in [3.8, 4) is 0 Å². The molecule has 0 aromatic rings. The third-order valence-electron chi connectivity index (χ3n) is 1.39. The van der Waals surface area contributed by atoms with Crippen LogP contribution in [0.1, 0.15) is 0 Å². The van der Waals surface area contributed by atoms with Gasteiger partial charge in [0, 0.05) is 0 Å². The average molecular weight is 199 g/mol. The molecule has 0 radical (unpaired) electrons. The molecule has 0 amide bonds. The molecule has 12 heavy (non-hydrogen) atoms. The number of rotatable bonds is 5. The van der Waals surface area contributed by atoms with E-state index in [1.807, 2.05) is 0 Å². The molecule has 0 bridgehead atoms. The molecule has 0 rings (SSSR count). The van der Waals surface area contributed by atoms with Crippen LogP contribution in [0.2, 0.25) is 0 Å². The van der Waals surface area contributed by atoms with Crippen molar-refractivity contribution in [3.63, 3.8) is 0 Å². The van der Waals surface area contributed by atoms with Gasteiger partial charge in [0.1, 0.15) is 18.3 Å². The van der Waals surface area contributed by atoms with Crippen LogP contribution in [0.5, 0.6) is 0 Å². The van der Waals surface area contributed by atoms with Gasteiger partial charge in [-0.25, -0.2) is 0 Å². The van der Waals surface area contributed by atoms with Crippen LogP contribution in [0.25, 0.3) is 0 Å². The topological polar surface area (TPSA) is 98.0 Å². The van der Waals surface area contributed by atoms with Crippen LogP contribution in [0.4, 0.5) is 0 Å². The quantitative estimate of drug-likeness (QED) is 0.299. The number of alkyl halides is 1. The molecular weight excluding hydrogens is 188 g/mol. The first-order valence-electron chi connectivity index (χ1n) is 3.28. The van der Waals surface area contributed by atoms with Gasteiger partial charge in [-0.1, -0.05) is 0 Å². The first kappa shape index (κ1) is 11.8. The Kier molecular flexibility index (Phi) is 5.36. The van der Waals surface area contributed by atoms with E-state index in [1.54, 1.807) is 0 Å². The Balaban J connectivity index is 4.07. The van der Waals surface area contributed by atoms with Crippen LogP contribution in [0.3, 0.4) is 0 Å². The number of aliphatic hydroxyl groups excluding tert-OH is 4. The highest BCUT2D eigenvalue weighted by Gasteiger charge is 2.29. The van der Waals surface area contributed by atoms with Gasteiger partial charge in [-0.05, 0) is 0 Å². The van der Waals surface area contributed by atoms with Crippen molar-refractivity contribution in [2.24, 2.45) is 0 Å². The van der Waals surface area contributed by atoms with Gasteiger partial charge >= 0.3 is 0 Å². The Hall–Kier alpha value is -0.200. The number of hydrogen-bond donors (Lipinski definition) is 4. The zero-order valence-corrected chi connectivity index (χ0v) is 6.92. The maximum Gasteiger partial charge on any atom is 0.151 e. The van der Waals surface area contributed by atoms with Crippen molar-refractivity contribution in [1.29, 1.82) is 0 Å². The van der Waals surface area contributed by atoms with E-state index in [0.29, 0.717) is 0 Å². The molecule has 0 fully saturated rings. The van der Waals surface area contributed by atoms with Crippen LogP contribution in [-0.4, -0.2) is 57.0 Å². The molecule has 5 nitrogen and oxygen atoms in total. The Labute approximate surface area is 74.2 Å². The normalized spacial score (nSPS) is 21.1. The molecule has 0 aromatic heterocycles. The first-order chi connectivity index (χ1) is 5.54. The first-order valence-corrected chi connectivity index (χ1v) is 3.81. The molecular formula is C6H11ClO5. The monoisotopic (exact) mass is 198 g/mol. The van der Waals surface area contributed by atoms with Crippen molar-refractivity contribution >= 4 is 17.9 Å². The SMILES string of the molecule is O=C[C@@H](O)[C@H](O)[C@@H](O)[C@@H](O)CCl. The predicted molar refractivity (Wildman–Crippen MR) is 40.8 cm³/mol. The largest absolute Gasteiger partial charge is 0.389 e. The summed E-state index contributed by atoms with van der Waals surface area (Å²) in [4.78, 5) is 9.93. The molecule has 0 saturated heterocycles. The van der Waals surface area contributed by atoms with Crippen molar-refractivity contribution in [3.05, 3.63) is 0 Å². The summed E-state index contributed by atoms with van der Waals surface area (Å²) < 4.78 is 0. The Morgan fingerprint density at radius 3 is 2.00 bits per heavy atom. The Morgan fingerprint density at radius 2 is 1.67 bits per heavy atom. The van der Waals surface area contributed by atoms with E-state index in [-0.39, 0.29) is 12.2 Å². The van der Waals surface area contributed by atoms with Crippen molar-refractivity contribution in [2.45, 2.75) is 24.4 Å². The third kappa shape index (κ3) is 3.04. The van der Waals surface area contributed by atoms with Gasteiger partial charge in [0.25, 0.3) is 0 Å². The second kappa shape index (κ2) is 5.45. The van der Waals surface area contributed by atoms with Crippen LogP contribution in [0, 0.1) is 0 Å². The van der Waals surface area contributed by atoms with E-state index in [2.05, 4.69) is 0 Å². The lowest BCUT2D eigenvalue weighted by Gasteiger charge is -2.22. The molecule has 0 unspecified atom stereocenters. The summed E-state index contributed by atoms with van der Waals surface area (Å²) in [7, 11) is 0. The number of hydrogen-bond acceptors (Lipinski definition) is 5. The van der Waals surface area contributed by atoms with Gasteiger partial charge in [-0.2, -0.15) is 0 Å². The highest BCUT2D eigenvalue weighted by Crippen LogP contribution is 2.04. The number of carbonyl (C=O) groups is 1. The standard InChI is InChI=1S/C6H11ClO5/c7-1-3(9)5(11)6(12)4(10)2-8/h2-6,9-12H,1H2/t3-,4+,5-,6-/m0/s1. The highest BCUT2D eigenvalue weighted by molar-refractivity contribution is 6.18. The molecule has 0 aromatic carbocycles. The zero-order valence-electron chi connectivity index (χ0n) is 6.17. The minimum Gasteiger partial charge on any atom is -0.389 e. The van der Waals surface area contributed by atoms with Gasteiger partial charge < -0.3 is 25.2 Å². The molecule has 0 saturated carbocycles. The van der Waals surface area contributed by atoms with E-state index in [4.69, 9.17) is 32.0 Å². The Bertz CT molecular complexity index is 142. The van der Waals surface area contributed by atoms with Crippen LogP contribution >= 0.6 is 11.6 Å². The average Bonchev–Trinajstić information content (AvgIpc) is 2.12. The summed E-state index contributed by atoms with van der Waals surface area (Å²) in [5, 5.41) is 35.5. The molecule has 4 N–H and O–H groups in total. The summed E-state index contributed by atoms with van der Waals surface area (Å²) in [5.41, 5.74) is 0. The van der Waals surface area contributed by atoms with Gasteiger partial charge in [-0.3, -0.25) is 0 Å². The molecule has 0 spiro atoms. The third-order valence-corrected chi connectivity index (χ3v) is 1.71. The molecule has 6 heteroatoms. The minimum atomic E-state index is -1.71. The van der Waals surface area contributed by atoms with E-state index in [9.17, 15) is 4.79 Å². The van der Waals surface area contributed by atoms with Gasteiger partial charge in [-0.15, -0.1) is 11.6 Å². The molecule has 0 aliphatic heterocycles. The van der Waals surface area contributed by atoms with E-state index >= 15 is 0 Å². The lowest BCUT2D eigenvalue weighted by molar-refractivity contribution is -0.132. The van der Waals surface area contributed by atoms with E-state index in [0.717, 1.165) is 0 Å². The number of halogens is 1. The Morgan fingerprint density at radius 1 is 1.17 bits per heavy atom. The van der Waals surface area contributed by atoms with Gasteiger partial charge in [0.15, 0.2) is 6.29 Å². The number of carbonyl (C=O) groups excluding carboxylic acids is 1. The van der Waals surface area contributed by atoms with Crippen molar-refractivity contribution < 1.29 is 25.2 Å². The van der Waals surface area contributed by atoms with E-state index in [1.165, 1.54) is 0 Å². The number of aliphatic hydroxyl groups is 4. The van der Waals surface area contributed by atoms with Crippen LogP contribution in [0.15, 0.2) is 0 Å². The maximum atomic E-state index is 9.93. The highest BCUT2D eigenvalue weighted by atomic mass is 35.5. The fourth-order valence-electron chi connectivity index (χ4n) is 0.601. The van der Waals surface area contributed by atoms with Crippen molar-refractivity contribution in [1.82, 2.24) is 0 Å². The summed E-state index contributed by atoms with van der Waals surface area (Å²) >= 11 is 5.15. The molecule has 0 heterocycles. The summed E-state index contributed by atoms with van der Waals surface area (Å²) in [6, 6.07) is 0. The molecule has 0 aliphatic carbocycles. The second-order valence-corrected chi connectivity index (χ2v) is 2.64. The number of aldehydes is 1. The van der Waals surface area contributed by atoms with Crippen LogP contribution < -0.4 is 0 Å². The lowest BCUT2D eigenvalue weighted by Crippen LogP contribution is -2.45. The van der Waals surface area contributed by atoms with Crippen molar-refractivity contribution in [2.75, 3.05) is 5.88 Å². The second-order valence-electron chi connectivity index (χ2n) is 2.33. The summed E-state index contributed by atoms with van der Waals surface area (Å²) in [6.45, 7) is 0. The zero-order chi connectivity index (χ0) is 9.72. The van der Waals surface area contributed by atoms with Crippen LogP contribution in [-0.2, 0) is 4.79 Å². The lowest BCUT2D eigenvalue weighted by atomic mass is 10.1. The minimum absolute atomic E-state index is 0.0643. The summed E-state index contributed by atoms with van der Waals surface area (Å²) in [6.07, 6.45) is -6.34. The van der Waals surface area contributed by atoms with E-state index < -0.39 is 24.4 Å². The fraction of sp³-hybridized carbons (Fsp3) is 0.833. The molecule has 0 aliphatic rings. The fourth-order valence-corrected chi connectivity index (χ4v) is 0.784.